The summed E-state index contributed by atoms with van der Waals surface area (Å²) in [6.45, 7) is 0. The first kappa shape index (κ1) is 24.0. The van der Waals surface area contributed by atoms with Gasteiger partial charge in [0.2, 0.25) is 11.8 Å². The van der Waals surface area contributed by atoms with Gasteiger partial charge in [-0.25, -0.2) is 0 Å². The molecule has 1 aliphatic heterocycles. The van der Waals surface area contributed by atoms with E-state index in [1.165, 1.54) is 7.11 Å². The smallest absolute Gasteiger partial charge is 0.319 e. The number of methoxy groups -OCH3 is 1. The Labute approximate surface area is 205 Å². The number of nitrogens with zero attached hydrogens (tertiary/aromatic N) is 1. The van der Waals surface area contributed by atoms with Gasteiger partial charge < -0.3 is 15.4 Å². The number of ether oxygens (including phenoxy) is 1. The summed E-state index contributed by atoms with van der Waals surface area (Å²) in [6.07, 6.45) is 0. The van der Waals surface area contributed by atoms with Gasteiger partial charge in [-0.2, -0.15) is 5.26 Å². The highest BCUT2D eigenvalue weighted by Crippen LogP contribution is 2.40. The van der Waals surface area contributed by atoms with Crippen molar-refractivity contribution in [3.05, 3.63) is 73.6 Å². The largest absolute Gasteiger partial charge is 0.468 e. The lowest BCUT2D eigenvalue weighted by molar-refractivity contribution is -0.150. The molecule has 32 heavy (non-hydrogen) atoms. The van der Waals surface area contributed by atoms with Crippen LogP contribution in [-0.4, -0.2) is 30.6 Å². The Bertz CT molecular complexity index is 1130. The number of rotatable bonds is 6. The number of allylic oxidation sites excluding steroid dienone is 1. The number of nitriles is 1. The van der Waals surface area contributed by atoms with Crippen molar-refractivity contribution < 1.29 is 19.1 Å². The van der Waals surface area contributed by atoms with E-state index in [1.807, 2.05) is 0 Å². The number of hydrogen-bond donors (Lipinski definition) is 2. The van der Waals surface area contributed by atoms with Crippen LogP contribution in [0.5, 0.6) is 0 Å². The number of anilines is 1. The van der Waals surface area contributed by atoms with Crippen LogP contribution in [0.2, 0.25) is 0 Å². The van der Waals surface area contributed by atoms with E-state index in [1.54, 1.807) is 48.5 Å². The maximum absolute atomic E-state index is 12.8. The summed E-state index contributed by atoms with van der Waals surface area (Å²) in [5, 5.41) is 15.5. The van der Waals surface area contributed by atoms with E-state index in [2.05, 4.69) is 48.6 Å². The Morgan fingerprint density at radius 2 is 1.91 bits per heavy atom. The molecule has 0 saturated carbocycles. The van der Waals surface area contributed by atoms with Crippen molar-refractivity contribution in [1.82, 2.24) is 5.32 Å². The molecule has 10 heteroatoms. The number of thioether (sulfide) groups is 1. The third-order valence-corrected chi connectivity index (χ3v) is 6.71. The normalized spacial score (nSPS) is 17.9. The molecule has 1 heterocycles. The fourth-order valence-corrected chi connectivity index (χ4v) is 4.78. The minimum atomic E-state index is -1.22. The van der Waals surface area contributed by atoms with Crippen LogP contribution in [0.15, 0.2) is 68.1 Å². The molecule has 2 N–H and O–H groups in total. The summed E-state index contributed by atoms with van der Waals surface area (Å²) in [5.74, 6) is -3.72. The molecule has 0 radical (unpaired) electrons. The number of hydrogen-bond acceptors (Lipinski definition) is 6. The number of benzene rings is 2. The molecule has 2 amide bonds. The molecule has 164 valence electrons. The molecule has 0 unspecified atom stereocenters. The zero-order valence-electron chi connectivity index (χ0n) is 16.7. The topological polar surface area (TPSA) is 108 Å². The lowest BCUT2D eigenvalue weighted by Gasteiger charge is -2.31. The van der Waals surface area contributed by atoms with Gasteiger partial charge in [0.25, 0.3) is 0 Å². The maximum atomic E-state index is 12.8. The zero-order valence-corrected chi connectivity index (χ0v) is 20.7. The van der Waals surface area contributed by atoms with E-state index < -0.39 is 23.7 Å². The first-order chi connectivity index (χ1) is 15.3. The molecule has 3 rings (SSSR count). The fourth-order valence-electron chi connectivity index (χ4n) is 3.25. The fraction of sp³-hybridized carbons (Fsp3) is 0.182. The standard InChI is InChI=1S/C22H17Br2N3O4S/c1-31-22(30)19-18(12-3-2-4-14(24)9-12)16(10-25)21(27-20(19)29)32-11-17(28)26-15-7-5-13(23)6-8-15/h2-9,18-19H,11H2,1H3,(H,26,28)(H,27,29)/t18-,19-/m0/s1. The number of esters is 1. The summed E-state index contributed by atoms with van der Waals surface area (Å²) in [5.41, 5.74) is 1.43. The van der Waals surface area contributed by atoms with E-state index in [4.69, 9.17) is 4.74 Å². The van der Waals surface area contributed by atoms with Crippen molar-refractivity contribution in [2.45, 2.75) is 5.92 Å². The number of carbonyl (C=O) groups is 3. The monoisotopic (exact) mass is 577 g/mol. The third kappa shape index (κ3) is 5.59. The summed E-state index contributed by atoms with van der Waals surface area (Å²) < 4.78 is 6.45. The van der Waals surface area contributed by atoms with Gasteiger partial charge in [0.15, 0.2) is 0 Å². The van der Waals surface area contributed by atoms with Gasteiger partial charge in [-0.1, -0.05) is 55.8 Å². The van der Waals surface area contributed by atoms with Gasteiger partial charge >= 0.3 is 5.97 Å². The molecule has 2 aromatic carbocycles. The second-order valence-corrected chi connectivity index (χ2v) is 9.54. The van der Waals surface area contributed by atoms with E-state index in [0.717, 1.165) is 20.7 Å². The van der Waals surface area contributed by atoms with Crippen LogP contribution in [0.25, 0.3) is 0 Å². The van der Waals surface area contributed by atoms with Gasteiger partial charge in [-0.3, -0.25) is 14.4 Å². The van der Waals surface area contributed by atoms with Crippen molar-refractivity contribution in [3.8, 4) is 6.07 Å². The van der Waals surface area contributed by atoms with Crippen LogP contribution in [0.3, 0.4) is 0 Å². The van der Waals surface area contributed by atoms with Crippen LogP contribution < -0.4 is 10.6 Å². The molecule has 2 aromatic rings. The third-order valence-electron chi connectivity index (χ3n) is 4.67. The SMILES string of the molecule is COC(=O)[C@@H]1C(=O)NC(SCC(=O)Nc2ccc(Br)cc2)=C(C#N)[C@@H]1c1cccc(Br)c1. The summed E-state index contributed by atoms with van der Waals surface area (Å²) >= 11 is 7.75. The maximum Gasteiger partial charge on any atom is 0.319 e. The lowest BCUT2D eigenvalue weighted by atomic mass is 9.78. The molecule has 0 bridgehead atoms. The second-order valence-electron chi connectivity index (χ2n) is 6.72. The van der Waals surface area contributed by atoms with Crippen molar-refractivity contribution in [3.63, 3.8) is 0 Å². The second kappa shape index (κ2) is 10.8. The molecule has 0 saturated heterocycles. The Balaban J connectivity index is 1.88. The van der Waals surface area contributed by atoms with Gasteiger partial charge in [-0.05, 0) is 42.0 Å². The van der Waals surface area contributed by atoms with Gasteiger partial charge in [0, 0.05) is 20.6 Å². The van der Waals surface area contributed by atoms with Crippen LogP contribution in [0.1, 0.15) is 11.5 Å². The number of carbonyl (C=O) groups excluding carboxylic acids is 3. The molecule has 7 nitrogen and oxygen atoms in total. The van der Waals surface area contributed by atoms with Crippen LogP contribution in [-0.2, 0) is 19.1 Å². The highest BCUT2D eigenvalue weighted by Gasteiger charge is 2.44. The molecule has 2 atom stereocenters. The molecule has 0 fully saturated rings. The summed E-state index contributed by atoms with van der Waals surface area (Å²) in [7, 11) is 1.19. The number of nitrogens with one attached hydrogen (secondary N) is 2. The minimum absolute atomic E-state index is 0.0368. The number of halogens is 2. The molecular formula is C22H17Br2N3O4S. The van der Waals surface area contributed by atoms with Gasteiger partial charge in [0.1, 0.15) is 5.92 Å². The predicted molar refractivity (Wildman–Crippen MR) is 128 cm³/mol. The van der Waals surface area contributed by atoms with E-state index in [-0.39, 0.29) is 22.3 Å². The Morgan fingerprint density at radius 1 is 1.19 bits per heavy atom. The average molecular weight is 579 g/mol. The Morgan fingerprint density at radius 3 is 2.53 bits per heavy atom. The van der Waals surface area contributed by atoms with Crippen molar-refractivity contribution in [2.24, 2.45) is 5.92 Å². The van der Waals surface area contributed by atoms with Crippen LogP contribution in [0.4, 0.5) is 5.69 Å². The first-order valence-electron chi connectivity index (χ1n) is 9.30. The van der Waals surface area contributed by atoms with E-state index >= 15 is 0 Å². The molecule has 0 aliphatic carbocycles. The molecule has 0 spiro atoms. The van der Waals surface area contributed by atoms with Gasteiger partial charge in [0.05, 0.1) is 29.5 Å². The molecule has 0 aromatic heterocycles. The Hall–Kier alpha value is -2.61. The van der Waals surface area contributed by atoms with Crippen molar-refractivity contribution in [2.75, 3.05) is 18.2 Å². The van der Waals surface area contributed by atoms with Crippen LogP contribution in [0, 0.1) is 17.2 Å². The highest BCUT2D eigenvalue weighted by molar-refractivity contribution is 9.10. The highest BCUT2D eigenvalue weighted by atomic mass is 79.9. The summed E-state index contributed by atoms with van der Waals surface area (Å²) in [6, 6.07) is 16.3. The zero-order chi connectivity index (χ0) is 23.3. The van der Waals surface area contributed by atoms with Crippen molar-refractivity contribution >= 4 is 67.1 Å². The van der Waals surface area contributed by atoms with E-state index in [0.29, 0.717) is 11.3 Å². The predicted octanol–water partition coefficient (Wildman–Crippen LogP) is 4.32. The average Bonchev–Trinajstić information content (AvgIpc) is 2.78. The van der Waals surface area contributed by atoms with Crippen molar-refractivity contribution in [1.29, 1.82) is 5.26 Å². The minimum Gasteiger partial charge on any atom is -0.468 e. The quantitative estimate of drug-likeness (QED) is 0.390. The molecule has 1 aliphatic rings. The van der Waals surface area contributed by atoms with E-state index in [9.17, 15) is 19.6 Å². The lowest BCUT2D eigenvalue weighted by Crippen LogP contribution is -2.44. The Kier molecular flexibility index (Phi) is 8.12. The molecular weight excluding hydrogens is 562 g/mol. The summed E-state index contributed by atoms with van der Waals surface area (Å²) in [4.78, 5) is 37.6. The number of amides is 2. The van der Waals surface area contributed by atoms with Gasteiger partial charge in [-0.15, -0.1) is 0 Å². The first-order valence-corrected chi connectivity index (χ1v) is 11.9. The van der Waals surface area contributed by atoms with Crippen LogP contribution >= 0.6 is 43.6 Å².